The van der Waals surface area contributed by atoms with E-state index in [9.17, 15) is 0 Å². The number of hydrogen-bond acceptors (Lipinski definition) is 3. The van der Waals surface area contributed by atoms with Crippen LogP contribution in [0.5, 0.6) is 0 Å². The molecule has 0 unspecified atom stereocenters. The molecule has 3 nitrogen and oxygen atoms in total. The van der Waals surface area contributed by atoms with E-state index in [1.54, 1.807) is 6.20 Å². The molecule has 3 N–H and O–H groups in total. The molecule has 13 heavy (non-hydrogen) atoms. The van der Waals surface area contributed by atoms with Gasteiger partial charge in [0.2, 0.25) is 0 Å². The monoisotopic (exact) mass is 199 g/mol. The number of nitrogens with one attached hydrogen (secondary N) is 1. The van der Waals surface area contributed by atoms with Gasteiger partial charge in [-0.1, -0.05) is 11.6 Å². The molecule has 72 valence electrons. The lowest BCUT2D eigenvalue weighted by Gasteiger charge is -2.04. The van der Waals surface area contributed by atoms with E-state index >= 15 is 0 Å². The van der Waals surface area contributed by atoms with Crippen molar-refractivity contribution in [1.29, 1.82) is 0 Å². The van der Waals surface area contributed by atoms with Crippen LogP contribution >= 0.6 is 11.6 Å². The summed E-state index contributed by atoms with van der Waals surface area (Å²) in [4.78, 5) is 3.98. The molecule has 0 aliphatic carbocycles. The van der Waals surface area contributed by atoms with Crippen LogP contribution in [-0.4, -0.2) is 18.6 Å². The Labute approximate surface area is 83.3 Å². The highest BCUT2D eigenvalue weighted by Crippen LogP contribution is 2.15. The first-order chi connectivity index (χ1) is 6.24. The molecule has 0 bridgehead atoms. The first-order valence-electron chi connectivity index (χ1n) is 4.28. The molecule has 1 aromatic rings. The lowest BCUT2D eigenvalue weighted by atomic mass is 10.1. The van der Waals surface area contributed by atoms with Crippen molar-refractivity contribution >= 4 is 17.4 Å². The zero-order chi connectivity index (χ0) is 9.68. The molecule has 0 radical (unpaired) electrons. The van der Waals surface area contributed by atoms with Crippen molar-refractivity contribution in [2.75, 3.05) is 19.3 Å². The highest BCUT2D eigenvalue weighted by molar-refractivity contribution is 6.30. The van der Waals surface area contributed by atoms with Gasteiger partial charge in [0.15, 0.2) is 0 Å². The van der Waals surface area contributed by atoms with Crippen molar-refractivity contribution in [3.8, 4) is 0 Å². The minimum atomic E-state index is 0.584. The second kappa shape index (κ2) is 5.04. The molecule has 0 saturated carbocycles. The molecule has 0 spiro atoms. The van der Waals surface area contributed by atoms with Crippen LogP contribution in [0.2, 0.25) is 5.02 Å². The van der Waals surface area contributed by atoms with Crippen molar-refractivity contribution in [3.63, 3.8) is 0 Å². The number of aryl methyl sites for hydroxylation is 1. The fourth-order valence-corrected chi connectivity index (χ4v) is 1.33. The normalized spacial score (nSPS) is 10.3. The topological polar surface area (TPSA) is 50.9 Å². The van der Waals surface area contributed by atoms with Crippen LogP contribution in [0.4, 0.5) is 5.82 Å². The molecule has 0 aliphatic rings. The Hall–Kier alpha value is -0.800. The molecule has 0 atom stereocenters. The van der Waals surface area contributed by atoms with Crippen molar-refractivity contribution in [3.05, 3.63) is 22.8 Å². The Bertz CT molecular complexity index is 276. The van der Waals surface area contributed by atoms with Crippen LogP contribution in [-0.2, 0) is 6.42 Å². The number of pyridine rings is 1. The summed E-state index contributed by atoms with van der Waals surface area (Å²) in [6, 6.07) is 1.87. The standard InChI is InChI=1S/C9H14ClN3/c1-12-4-2-3-7-5-8(10)6-13-9(7)11/h5-6,12H,2-4H2,1H3,(H2,11,13). The predicted molar refractivity (Wildman–Crippen MR) is 55.9 cm³/mol. The average Bonchev–Trinajstić information content (AvgIpc) is 2.11. The number of nitrogens with zero attached hydrogens (tertiary/aromatic N) is 1. The molecule has 0 aromatic carbocycles. The fourth-order valence-electron chi connectivity index (χ4n) is 1.15. The van der Waals surface area contributed by atoms with E-state index < -0.39 is 0 Å². The van der Waals surface area contributed by atoms with Gasteiger partial charge >= 0.3 is 0 Å². The van der Waals surface area contributed by atoms with E-state index in [4.69, 9.17) is 17.3 Å². The number of nitrogens with two attached hydrogens (primary N) is 1. The molecule has 0 amide bonds. The zero-order valence-electron chi connectivity index (χ0n) is 7.68. The Balaban J connectivity index is 2.59. The van der Waals surface area contributed by atoms with Crippen molar-refractivity contribution in [2.24, 2.45) is 0 Å². The molecule has 1 aromatic heterocycles. The summed E-state index contributed by atoms with van der Waals surface area (Å²) in [7, 11) is 1.93. The minimum absolute atomic E-state index is 0.584. The predicted octanol–water partition coefficient (Wildman–Crippen LogP) is 1.47. The van der Waals surface area contributed by atoms with Crippen LogP contribution in [0.3, 0.4) is 0 Å². The van der Waals surface area contributed by atoms with Gasteiger partial charge in [0.25, 0.3) is 0 Å². The SMILES string of the molecule is CNCCCc1cc(Cl)cnc1N. The second-order valence-corrected chi connectivity index (χ2v) is 3.34. The largest absolute Gasteiger partial charge is 0.383 e. The third-order valence-electron chi connectivity index (χ3n) is 1.84. The lowest BCUT2D eigenvalue weighted by molar-refractivity contribution is 0.724. The summed E-state index contributed by atoms with van der Waals surface area (Å²) in [6.07, 6.45) is 3.53. The van der Waals surface area contributed by atoms with Crippen LogP contribution in [0.25, 0.3) is 0 Å². The third kappa shape index (κ3) is 3.20. The van der Waals surface area contributed by atoms with Gasteiger partial charge in [-0.15, -0.1) is 0 Å². The molecular formula is C9H14ClN3. The van der Waals surface area contributed by atoms with Gasteiger partial charge in [0, 0.05) is 6.20 Å². The van der Waals surface area contributed by atoms with E-state index in [2.05, 4.69) is 10.3 Å². The quantitative estimate of drug-likeness (QED) is 0.723. The number of hydrogen-bond donors (Lipinski definition) is 2. The first-order valence-corrected chi connectivity index (χ1v) is 4.66. The summed E-state index contributed by atoms with van der Waals surface area (Å²) >= 11 is 5.80. The number of rotatable bonds is 4. The van der Waals surface area contributed by atoms with E-state index in [1.807, 2.05) is 13.1 Å². The molecule has 4 heteroatoms. The summed E-state index contributed by atoms with van der Waals surface area (Å²) in [5.74, 6) is 0.584. The van der Waals surface area contributed by atoms with Crippen molar-refractivity contribution in [2.45, 2.75) is 12.8 Å². The van der Waals surface area contributed by atoms with Crippen LogP contribution in [0, 0.1) is 0 Å². The van der Waals surface area contributed by atoms with Gasteiger partial charge < -0.3 is 11.1 Å². The zero-order valence-corrected chi connectivity index (χ0v) is 8.43. The van der Waals surface area contributed by atoms with Gasteiger partial charge in [0.1, 0.15) is 5.82 Å². The molecule has 1 rings (SSSR count). The molecule has 0 fully saturated rings. The Morgan fingerprint density at radius 3 is 3.08 bits per heavy atom. The third-order valence-corrected chi connectivity index (χ3v) is 2.05. The average molecular weight is 200 g/mol. The number of halogens is 1. The first kappa shape index (κ1) is 10.3. The summed E-state index contributed by atoms with van der Waals surface area (Å²) in [5, 5.41) is 3.72. The number of aromatic nitrogens is 1. The molecular weight excluding hydrogens is 186 g/mol. The van der Waals surface area contributed by atoms with Gasteiger partial charge in [-0.05, 0) is 38.1 Å². The summed E-state index contributed by atoms with van der Waals surface area (Å²) in [5.41, 5.74) is 6.71. The van der Waals surface area contributed by atoms with Crippen molar-refractivity contribution < 1.29 is 0 Å². The smallest absolute Gasteiger partial charge is 0.126 e. The van der Waals surface area contributed by atoms with Gasteiger partial charge in [-0.3, -0.25) is 0 Å². The Morgan fingerprint density at radius 2 is 2.38 bits per heavy atom. The molecule has 0 aliphatic heterocycles. The minimum Gasteiger partial charge on any atom is -0.383 e. The van der Waals surface area contributed by atoms with Crippen molar-refractivity contribution in [1.82, 2.24) is 10.3 Å². The Kier molecular flexibility index (Phi) is 3.99. The highest BCUT2D eigenvalue weighted by Gasteiger charge is 2.00. The van der Waals surface area contributed by atoms with E-state index in [0.29, 0.717) is 10.8 Å². The van der Waals surface area contributed by atoms with Gasteiger partial charge in [-0.2, -0.15) is 0 Å². The molecule has 1 heterocycles. The van der Waals surface area contributed by atoms with E-state index in [-0.39, 0.29) is 0 Å². The second-order valence-electron chi connectivity index (χ2n) is 2.91. The summed E-state index contributed by atoms with van der Waals surface area (Å²) in [6.45, 7) is 0.978. The van der Waals surface area contributed by atoms with Gasteiger partial charge in [-0.25, -0.2) is 4.98 Å². The number of anilines is 1. The maximum Gasteiger partial charge on any atom is 0.126 e. The van der Waals surface area contributed by atoms with Gasteiger partial charge in [0.05, 0.1) is 5.02 Å². The lowest BCUT2D eigenvalue weighted by Crippen LogP contribution is -2.09. The van der Waals surface area contributed by atoms with Crippen LogP contribution in [0.15, 0.2) is 12.3 Å². The maximum absolute atomic E-state index is 5.80. The maximum atomic E-state index is 5.80. The van der Waals surface area contributed by atoms with Crippen LogP contribution in [0.1, 0.15) is 12.0 Å². The van der Waals surface area contributed by atoms with Crippen LogP contribution < -0.4 is 11.1 Å². The van der Waals surface area contributed by atoms with E-state index in [1.165, 1.54) is 0 Å². The molecule has 0 saturated heterocycles. The number of nitrogen functional groups attached to an aromatic ring is 1. The fraction of sp³-hybridized carbons (Fsp3) is 0.444. The summed E-state index contributed by atoms with van der Waals surface area (Å²) < 4.78 is 0. The highest BCUT2D eigenvalue weighted by atomic mass is 35.5. The Morgan fingerprint density at radius 1 is 1.62 bits per heavy atom. The van der Waals surface area contributed by atoms with E-state index in [0.717, 1.165) is 24.9 Å².